The highest BCUT2D eigenvalue weighted by atomic mass is 35.5. The first-order chi connectivity index (χ1) is 9.61. The van der Waals surface area contributed by atoms with E-state index in [4.69, 9.17) is 11.6 Å². The van der Waals surface area contributed by atoms with Crippen molar-refractivity contribution in [2.75, 3.05) is 0 Å². The van der Waals surface area contributed by atoms with E-state index in [-0.39, 0.29) is 5.38 Å². The van der Waals surface area contributed by atoms with E-state index in [0.29, 0.717) is 0 Å². The third-order valence-electron chi connectivity index (χ3n) is 3.79. The highest BCUT2D eigenvalue weighted by Crippen LogP contribution is 2.31. The lowest BCUT2D eigenvalue weighted by atomic mass is 9.97. The van der Waals surface area contributed by atoms with Crippen LogP contribution in [0.3, 0.4) is 0 Å². The van der Waals surface area contributed by atoms with Crippen molar-refractivity contribution >= 4 is 11.6 Å². The highest BCUT2D eigenvalue weighted by molar-refractivity contribution is 6.22. The van der Waals surface area contributed by atoms with E-state index in [9.17, 15) is 0 Å². The van der Waals surface area contributed by atoms with Crippen molar-refractivity contribution in [1.29, 1.82) is 0 Å². The molecule has 2 rings (SSSR count). The molecule has 0 fully saturated rings. The molecule has 1 heteroatoms. The second-order valence-corrected chi connectivity index (χ2v) is 6.00. The Morgan fingerprint density at radius 2 is 1.70 bits per heavy atom. The fraction of sp³-hybridized carbons (Fsp3) is 0.368. The van der Waals surface area contributed by atoms with Gasteiger partial charge >= 0.3 is 0 Å². The van der Waals surface area contributed by atoms with Crippen LogP contribution in [0.1, 0.15) is 53.0 Å². The van der Waals surface area contributed by atoms with Crippen LogP contribution in [0.15, 0.2) is 42.5 Å². The molecule has 106 valence electrons. The smallest absolute Gasteiger partial charge is 0.0838 e. The van der Waals surface area contributed by atoms with E-state index in [1.165, 1.54) is 40.7 Å². The molecule has 0 aliphatic rings. The Morgan fingerprint density at radius 1 is 1.00 bits per heavy atom. The Hall–Kier alpha value is -1.27. The molecule has 20 heavy (non-hydrogen) atoms. The Labute approximate surface area is 127 Å². The molecule has 1 unspecified atom stereocenters. The number of hydrogen-bond donors (Lipinski definition) is 0. The van der Waals surface area contributed by atoms with Crippen LogP contribution in [-0.2, 0) is 6.42 Å². The summed E-state index contributed by atoms with van der Waals surface area (Å²) in [4.78, 5) is 0. The van der Waals surface area contributed by atoms with Crippen LogP contribution in [0.5, 0.6) is 0 Å². The molecule has 0 N–H and O–H groups in total. The molecule has 0 aliphatic heterocycles. The summed E-state index contributed by atoms with van der Waals surface area (Å²) in [5.41, 5.74) is 6.34. The quantitative estimate of drug-likeness (QED) is 0.594. The van der Waals surface area contributed by atoms with Crippen molar-refractivity contribution in [3.05, 3.63) is 70.3 Å². The van der Waals surface area contributed by atoms with E-state index >= 15 is 0 Å². The van der Waals surface area contributed by atoms with Gasteiger partial charge in [0.25, 0.3) is 0 Å². The van der Waals surface area contributed by atoms with Gasteiger partial charge in [0, 0.05) is 0 Å². The van der Waals surface area contributed by atoms with Crippen LogP contribution < -0.4 is 0 Å². The molecule has 0 aliphatic carbocycles. The number of halogens is 1. The molecule has 0 radical (unpaired) electrons. The Balaban J connectivity index is 2.18. The molecule has 0 aromatic heterocycles. The number of aryl methyl sites for hydroxylation is 3. The lowest BCUT2D eigenvalue weighted by Gasteiger charge is -2.14. The zero-order chi connectivity index (χ0) is 14.5. The maximum atomic E-state index is 6.65. The Bertz CT molecular complexity index is 554. The Morgan fingerprint density at radius 3 is 2.30 bits per heavy atom. The van der Waals surface area contributed by atoms with E-state index in [2.05, 4.69) is 63.2 Å². The number of hydrogen-bond acceptors (Lipinski definition) is 0. The summed E-state index contributed by atoms with van der Waals surface area (Å²) < 4.78 is 0. The summed E-state index contributed by atoms with van der Waals surface area (Å²) in [6.07, 6.45) is 3.65. The van der Waals surface area contributed by atoms with Gasteiger partial charge in [-0.25, -0.2) is 0 Å². The molecule has 0 bridgehead atoms. The number of unbranched alkanes of at least 4 members (excludes halogenated alkanes) is 1. The van der Waals surface area contributed by atoms with Crippen molar-refractivity contribution in [1.82, 2.24) is 0 Å². The molecule has 0 spiro atoms. The van der Waals surface area contributed by atoms with Crippen molar-refractivity contribution in [2.45, 2.75) is 45.4 Å². The SMILES string of the molecule is CCCCc1ccc(C(Cl)c2ccc(C)cc2C)cc1. The first-order valence-corrected chi connectivity index (χ1v) is 7.85. The number of benzene rings is 2. The van der Waals surface area contributed by atoms with Crippen molar-refractivity contribution in [2.24, 2.45) is 0 Å². The van der Waals surface area contributed by atoms with Gasteiger partial charge in [0.05, 0.1) is 5.38 Å². The first-order valence-electron chi connectivity index (χ1n) is 7.42. The molecule has 0 nitrogen and oxygen atoms in total. The van der Waals surface area contributed by atoms with Crippen molar-refractivity contribution in [3.8, 4) is 0 Å². The minimum absolute atomic E-state index is 0.0594. The van der Waals surface area contributed by atoms with Crippen LogP contribution >= 0.6 is 11.6 Å². The fourth-order valence-electron chi connectivity index (χ4n) is 2.52. The van der Waals surface area contributed by atoms with Gasteiger partial charge in [-0.2, -0.15) is 0 Å². The van der Waals surface area contributed by atoms with Crippen molar-refractivity contribution in [3.63, 3.8) is 0 Å². The van der Waals surface area contributed by atoms with Gasteiger partial charge < -0.3 is 0 Å². The molecule has 0 saturated heterocycles. The molecule has 0 saturated carbocycles. The van der Waals surface area contributed by atoms with Crippen LogP contribution in [0.4, 0.5) is 0 Å². The minimum atomic E-state index is -0.0594. The first kappa shape index (κ1) is 15.1. The predicted octanol–water partition coefficient (Wildman–Crippen LogP) is 5.97. The van der Waals surface area contributed by atoms with Crippen LogP contribution in [0.2, 0.25) is 0 Å². The van der Waals surface area contributed by atoms with E-state index in [1.807, 2.05) is 0 Å². The maximum absolute atomic E-state index is 6.65. The van der Waals surface area contributed by atoms with Gasteiger partial charge in [0.15, 0.2) is 0 Å². The molecule has 0 heterocycles. The topological polar surface area (TPSA) is 0 Å². The highest BCUT2D eigenvalue weighted by Gasteiger charge is 2.13. The predicted molar refractivity (Wildman–Crippen MR) is 88.7 cm³/mol. The van der Waals surface area contributed by atoms with Gasteiger partial charge in [-0.15, -0.1) is 11.6 Å². The van der Waals surface area contributed by atoms with Crippen LogP contribution in [0.25, 0.3) is 0 Å². The normalized spacial score (nSPS) is 12.4. The molecular formula is C19H23Cl. The molecule has 0 amide bonds. The maximum Gasteiger partial charge on any atom is 0.0838 e. The largest absolute Gasteiger partial charge is 0.113 e. The number of rotatable bonds is 5. The zero-order valence-corrected chi connectivity index (χ0v) is 13.4. The second kappa shape index (κ2) is 6.95. The van der Waals surface area contributed by atoms with Crippen LogP contribution in [-0.4, -0.2) is 0 Å². The summed E-state index contributed by atoms with van der Waals surface area (Å²) in [7, 11) is 0. The zero-order valence-electron chi connectivity index (χ0n) is 12.6. The van der Waals surface area contributed by atoms with E-state index in [0.717, 1.165) is 6.42 Å². The summed E-state index contributed by atoms with van der Waals surface area (Å²) in [6.45, 7) is 6.47. The lowest BCUT2D eigenvalue weighted by molar-refractivity contribution is 0.794. The molecular weight excluding hydrogens is 264 g/mol. The lowest BCUT2D eigenvalue weighted by Crippen LogP contribution is -1.97. The molecule has 2 aromatic carbocycles. The minimum Gasteiger partial charge on any atom is -0.113 e. The van der Waals surface area contributed by atoms with E-state index < -0.39 is 0 Å². The second-order valence-electron chi connectivity index (χ2n) is 5.57. The standard InChI is InChI=1S/C19H23Cl/c1-4-5-6-16-8-10-17(11-9-16)19(20)18-12-7-14(2)13-15(18)3/h7-13,19H,4-6H2,1-3H3. The van der Waals surface area contributed by atoms with Gasteiger partial charge in [-0.05, 0) is 48.9 Å². The summed E-state index contributed by atoms with van der Waals surface area (Å²) in [5.74, 6) is 0. The number of alkyl halides is 1. The fourth-order valence-corrected chi connectivity index (χ4v) is 2.91. The third kappa shape index (κ3) is 3.64. The van der Waals surface area contributed by atoms with E-state index in [1.54, 1.807) is 0 Å². The average molecular weight is 287 g/mol. The van der Waals surface area contributed by atoms with Gasteiger partial charge in [-0.1, -0.05) is 61.4 Å². The monoisotopic (exact) mass is 286 g/mol. The summed E-state index contributed by atoms with van der Waals surface area (Å²) in [6, 6.07) is 15.2. The van der Waals surface area contributed by atoms with Gasteiger partial charge in [0.2, 0.25) is 0 Å². The van der Waals surface area contributed by atoms with Crippen molar-refractivity contribution < 1.29 is 0 Å². The molecule has 2 aromatic rings. The molecule has 1 atom stereocenters. The van der Waals surface area contributed by atoms with Gasteiger partial charge in [-0.3, -0.25) is 0 Å². The van der Waals surface area contributed by atoms with Gasteiger partial charge in [0.1, 0.15) is 0 Å². The Kier molecular flexibility index (Phi) is 5.25. The summed E-state index contributed by atoms with van der Waals surface area (Å²) >= 11 is 6.65. The summed E-state index contributed by atoms with van der Waals surface area (Å²) in [5, 5.41) is -0.0594. The van der Waals surface area contributed by atoms with Crippen LogP contribution in [0, 0.1) is 13.8 Å². The third-order valence-corrected chi connectivity index (χ3v) is 4.28. The average Bonchev–Trinajstić information content (AvgIpc) is 2.45.